The van der Waals surface area contributed by atoms with Crippen LogP contribution in [0, 0.1) is 0 Å². The van der Waals surface area contributed by atoms with Gasteiger partial charge in [0.15, 0.2) is 5.78 Å². The summed E-state index contributed by atoms with van der Waals surface area (Å²) >= 11 is 15.1. The van der Waals surface area contributed by atoms with E-state index in [4.69, 9.17) is 23.2 Å². The summed E-state index contributed by atoms with van der Waals surface area (Å²) in [5, 5.41) is 1.20. The first-order valence-corrected chi connectivity index (χ1v) is 6.84. The van der Waals surface area contributed by atoms with E-state index in [0.29, 0.717) is 22.0 Å². The lowest BCUT2D eigenvalue weighted by Gasteiger charge is -2.03. The van der Waals surface area contributed by atoms with E-state index in [0.717, 1.165) is 10.0 Å². The minimum atomic E-state index is 0.0340. The Kier molecular flexibility index (Phi) is 4.44. The molecule has 0 amide bonds. The SMILES string of the molecule is O=C(Cc1ccc(Cl)cc1)c1ccc(Br)c(Cl)c1. The third-order valence-corrected chi connectivity index (χ3v) is 4.00. The summed E-state index contributed by atoms with van der Waals surface area (Å²) in [5.74, 6) is 0.0340. The maximum atomic E-state index is 12.1. The normalized spacial score (nSPS) is 10.4. The summed E-state index contributed by atoms with van der Waals surface area (Å²) in [6.45, 7) is 0. The van der Waals surface area contributed by atoms with Gasteiger partial charge in [0.2, 0.25) is 0 Å². The third kappa shape index (κ3) is 3.35. The molecule has 2 aromatic rings. The largest absolute Gasteiger partial charge is 0.294 e. The van der Waals surface area contributed by atoms with Gasteiger partial charge in [0.05, 0.1) is 5.02 Å². The predicted octanol–water partition coefficient (Wildman–Crippen LogP) is 5.18. The highest BCUT2D eigenvalue weighted by molar-refractivity contribution is 9.10. The van der Waals surface area contributed by atoms with Gasteiger partial charge in [-0.3, -0.25) is 4.79 Å². The van der Waals surface area contributed by atoms with E-state index in [1.54, 1.807) is 30.3 Å². The van der Waals surface area contributed by atoms with Crippen molar-refractivity contribution in [3.63, 3.8) is 0 Å². The predicted molar refractivity (Wildman–Crippen MR) is 78.6 cm³/mol. The van der Waals surface area contributed by atoms with E-state index in [1.165, 1.54) is 0 Å². The summed E-state index contributed by atoms with van der Waals surface area (Å²) < 4.78 is 0.784. The summed E-state index contributed by atoms with van der Waals surface area (Å²) in [6.07, 6.45) is 0.342. The minimum absolute atomic E-state index is 0.0340. The van der Waals surface area contributed by atoms with Gasteiger partial charge >= 0.3 is 0 Å². The fourth-order valence-electron chi connectivity index (χ4n) is 1.56. The van der Waals surface area contributed by atoms with Crippen molar-refractivity contribution in [3.05, 3.63) is 68.1 Å². The van der Waals surface area contributed by atoms with Crippen molar-refractivity contribution in [1.82, 2.24) is 0 Å². The first-order chi connectivity index (χ1) is 8.56. The molecule has 0 N–H and O–H groups in total. The van der Waals surface area contributed by atoms with E-state index < -0.39 is 0 Å². The number of benzene rings is 2. The van der Waals surface area contributed by atoms with Crippen LogP contribution >= 0.6 is 39.1 Å². The van der Waals surface area contributed by atoms with Crippen LogP contribution in [0.4, 0.5) is 0 Å². The fraction of sp³-hybridized carbons (Fsp3) is 0.0714. The summed E-state index contributed by atoms with van der Waals surface area (Å²) in [6, 6.07) is 12.5. The lowest BCUT2D eigenvalue weighted by molar-refractivity contribution is 0.0993. The number of carbonyl (C=O) groups is 1. The average Bonchev–Trinajstić information content (AvgIpc) is 2.35. The van der Waals surface area contributed by atoms with E-state index in [2.05, 4.69) is 15.9 Å². The van der Waals surface area contributed by atoms with Gasteiger partial charge in [-0.15, -0.1) is 0 Å². The molecule has 2 rings (SSSR count). The number of hydrogen-bond donors (Lipinski definition) is 0. The third-order valence-electron chi connectivity index (χ3n) is 2.52. The van der Waals surface area contributed by atoms with Gasteiger partial charge in [-0.25, -0.2) is 0 Å². The topological polar surface area (TPSA) is 17.1 Å². The molecule has 0 aliphatic rings. The molecule has 0 atom stereocenters. The van der Waals surface area contributed by atoms with Gasteiger partial charge in [-0.2, -0.15) is 0 Å². The molecule has 0 saturated heterocycles. The molecule has 0 saturated carbocycles. The van der Waals surface area contributed by atoms with Crippen LogP contribution < -0.4 is 0 Å². The first kappa shape index (κ1) is 13.6. The van der Waals surface area contributed by atoms with Crippen LogP contribution in [0.3, 0.4) is 0 Å². The lowest BCUT2D eigenvalue weighted by Crippen LogP contribution is -2.03. The first-order valence-electron chi connectivity index (χ1n) is 5.29. The van der Waals surface area contributed by atoms with Crippen LogP contribution in [-0.4, -0.2) is 5.78 Å². The van der Waals surface area contributed by atoms with Gasteiger partial charge in [0, 0.05) is 21.5 Å². The van der Waals surface area contributed by atoms with Crippen LogP contribution in [0.15, 0.2) is 46.9 Å². The number of ketones is 1. The number of halogens is 3. The zero-order valence-electron chi connectivity index (χ0n) is 9.29. The molecular formula is C14H9BrCl2O. The zero-order chi connectivity index (χ0) is 13.1. The Morgan fingerprint density at radius 3 is 2.33 bits per heavy atom. The fourth-order valence-corrected chi connectivity index (χ4v) is 2.11. The molecule has 0 heterocycles. The Bertz CT molecular complexity index is 579. The van der Waals surface area contributed by atoms with Crippen molar-refractivity contribution < 1.29 is 4.79 Å². The Balaban J connectivity index is 2.16. The molecule has 0 aliphatic carbocycles. The minimum Gasteiger partial charge on any atom is -0.294 e. The molecule has 92 valence electrons. The van der Waals surface area contributed by atoms with Gasteiger partial charge in [0.1, 0.15) is 0 Å². The van der Waals surface area contributed by atoms with E-state index in [1.807, 2.05) is 12.1 Å². The summed E-state index contributed by atoms with van der Waals surface area (Å²) in [7, 11) is 0. The Hall–Kier alpha value is -0.830. The Morgan fingerprint density at radius 1 is 1.06 bits per heavy atom. The standard InChI is InChI=1S/C14H9BrCl2O/c15-12-6-3-10(8-13(12)17)14(18)7-9-1-4-11(16)5-2-9/h1-6,8H,7H2. The van der Waals surface area contributed by atoms with Gasteiger partial charge in [-0.1, -0.05) is 41.4 Å². The average molecular weight is 344 g/mol. The molecule has 1 nitrogen and oxygen atoms in total. The van der Waals surface area contributed by atoms with E-state index >= 15 is 0 Å². The number of carbonyl (C=O) groups excluding carboxylic acids is 1. The molecule has 0 aromatic heterocycles. The number of hydrogen-bond acceptors (Lipinski definition) is 1. The van der Waals surface area contributed by atoms with Crippen molar-refractivity contribution in [1.29, 1.82) is 0 Å². The molecule has 0 bridgehead atoms. The van der Waals surface area contributed by atoms with Crippen molar-refractivity contribution in [3.8, 4) is 0 Å². The molecule has 18 heavy (non-hydrogen) atoms. The molecule has 0 unspecified atom stereocenters. The van der Waals surface area contributed by atoms with Gasteiger partial charge in [-0.05, 0) is 45.8 Å². The molecule has 4 heteroatoms. The maximum absolute atomic E-state index is 12.1. The van der Waals surface area contributed by atoms with Crippen molar-refractivity contribution in [2.75, 3.05) is 0 Å². The smallest absolute Gasteiger partial charge is 0.167 e. The Morgan fingerprint density at radius 2 is 1.72 bits per heavy atom. The van der Waals surface area contributed by atoms with E-state index in [-0.39, 0.29) is 5.78 Å². The van der Waals surface area contributed by atoms with Crippen LogP contribution in [0.2, 0.25) is 10.0 Å². The maximum Gasteiger partial charge on any atom is 0.167 e. The summed E-state index contributed by atoms with van der Waals surface area (Å²) in [4.78, 5) is 12.1. The lowest BCUT2D eigenvalue weighted by atomic mass is 10.0. The van der Waals surface area contributed by atoms with Crippen molar-refractivity contribution in [2.45, 2.75) is 6.42 Å². The number of rotatable bonds is 3. The van der Waals surface area contributed by atoms with Gasteiger partial charge in [0.25, 0.3) is 0 Å². The molecule has 0 aliphatic heterocycles. The molecule has 0 fully saturated rings. The van der Waals surface area contributed by atoms with Crippen LogP contribution in [0.25, 0.3) is 0 Å². The molecule has 0 spiro atoms. The quantitative estimate of drug-likeness (QED) is 0.701. The van der Waals surface area contributed by atoms with Crippen molar-refractivity contribution in [2.24, 2.45) is 0 Å². The second kappa shape index (κ2) is 5.87. The second-order valence-electron chi connectivity index (χ2n) is 3.86. The van der Waals surface area contributed by atoms with Crippen molar-refractivity contribution >= 4 is 44.9 Å². The van der Waals surface area contributed by atoms with Crippen LogP contribution in [-0.2, 0) is 6.42 Å². The van der Waals surface area contributed by atoms with Crippen LogP contribution in [0.5, 0.6) is 0 Å². The second-order valence-corrected chi connectivity index (χ2v) is 5.55. The molecule has 0 radical (unpaired) electrons. The monoisotopic (exact) mass is 342 g/mol. The summed E-state index contributed by atoms with van der Waals surface area (Å²) in [5.41, 5.74) is 1.54. The highest BCUT2D eigenvalue weighted by Gasteiger charge is 2.09. The van der Waals surface area contributed by atoms with Crippen LogP contribution in [0.1, 0.15) is 15.9 Å². The Labute approximate surface area is 124 Å². The van der Waals surface area contributed by atoms with E-state index in [9.17, 15) is 4.79 Å². The highest BCUT2D eigenvalue weighted by Crippen LogP contribution is 2.24. The molecular weight excluding hydrogens is 335 g/mol. The van der Waals surface area contributed by atoms with Gasteiger partial charge < -0.3 is 0 Å². The number of Topliss-reactive ketones (excluding diaryl/α,β-unsaturated/α-hetero) is 1. The highest BCUT2D eigenvalue weighted by atomic mass is 79.9. The molecule has 2 aromatic carbocycles. The zero-order valence-corrected chi connectivity index (χ0v) is 12.4.